The van der Waals surface area contributed by atoms with E-state index in [1.54, 1.807) is 27.9 Å². The van der Waals surface area contributed by atoms with E-state index >= 15 is 0 Å². The molecule has 7 heteroatoms. The van der Waals surface area contributed by atoms with Crippen LogP contribution in [0.4, 0.5) is 0 Å². The highest BCUT2D eigenvalue weighted by atomic mass is 16.3. The van der Waals surface area contributed by atoms with Gasteiger partial charge in [-0.2, -0.15) is 5.10 Å². The molecule has 0 saturated carbocycles. The quantitative estimate of drug-likeness (QED) is 0.482. The number of aromatic nitrogens is 2. The normalized spacial score (nSPS) is 14.2. The molecule has 0 unspecified atom stereocenters. The summed E-state index contributed by atoms with van der Waals surface area (Å²) >= 11 is 0. The van der Waals surface area contributed by atoms with Crippen molar-refractivity contribution in [1.82, 2.24) is 20.0 Å². The molecule has 1 fully saturated rings. The molecule has 0 bridgehead atoms. The number of para-hydroxylation sites is 1. The van der Waals surface area contributed by atoms with E-state index in [-0.39, 0.29) is 17.9 Å². The van der Waals surface area contributed by atoms with Gasteiger partial charge in [-0.3, -0.25) is 9.59 Å². The summed E-state index contributed by atoms with van der Waals surface area (Å²) in [4.78, 5) is 27.7. The number of hydrogen-bond donors (Lipinski definition) is 1. The summed E-state index contributed by atoms with van der Waals surface area (Å²) < 4.78 is 6.98. The average molecular weight is 455 g/mol. The highest BCUT2D eigenvalue weighted by molar-refractivity contribution is 6.00. The van der Waals surface area contributed by atoms with E-state index in [1.807, 2.05) is 61.5 Å². The summed E-state index contributed by atoms with van der Waals surface area (Å²) in [6.45, 7) is 3.16. The number of aryl methyl sites for hydroxylation is 1. The summed E-state index contributed by atoms with van der Waals surface area (Å²) in [7, 11) is 0. The molecule has 172 valence electrons. The number of piperidine rings is 1. The zero-order valence-electron chi connectivity index (χ0n) is 19.0. The number of carbonyl (C=O) groups excluding carboxylic acids is 2. The molecular formula is C27H26N4O3. The second-order valence-electron chi connectivity index (χ2n) is 8.56. The standard InChI is InChI=1S/C27H26N4O3/c1-19-7-5-8-20(17-19)25-23(18-31(29-25)22-9-3-2-4-10-22)26(32)28-21-12-14-30(15-13-21)27(33)24-11-6-16-34-24/h2-11,16-18,21H,12-15H2,1H3,(H,28,32). The van der Waals surface area contributed by atoms with E-state index in [9.17, 15) is 9.59 Å². The van der Waals surface area contributed by atoms with Crippen LogP contribution in [0.5, 0.6) is 0 Å². The summed E-state index contributed by atoms with van der Waals surface area (Å²) in [5.74, 6) is 0.0776. The molecule has 2 aromatic carbocycles. The summed E-state index contributed by atoms with van der Waals surface area (Å²) in [5, 5.41) is 7.93. The minimum atomic E-state index is -0.158. The Balaban J connectivity index is 1.34. The number of rotatable bonds is 5. The Bertz CT molecular complexity index is 1290. The van der Waals surface area contributed by atoms with Crippen LogP contribution in [0.2, 0.25) is 0 Å². The molecule has 1 aliphatic rings. The zero-order valence-corrected chi connectivity index (χ0v) is 19.0. The van der Waals surface area contributed by atoms with E-state index in [4.69, 9.17) is 9.52 Å². The van der Waals surface area contributed by atoms with Gasteiger partial charge < -0.3 is 14.6 Å². The topological polar surface area (TPSA) is 80.4 Å². The zero-order chi connectivity index (χ0) is 23.5. The van der Waals surface area contributed by atoms with Crippen LogP contribution in [-0.4, -0.2) is 45.6 Å². The predicted octanol–water partition coefficient (Wildman–Crippen LogP) is 4.48. The van der Waals surface area contributed by atoms with Crippen LogP contribution in [0.25, 0.3) is 16.9 Å². The Morgan fingerprint density at radius 3 is 2.50 bits per heavy atom. The van der Waals surface area contributed by atoms with Gasteiger partial charge in [0.05, 0.1) is 17.5 Å². The van der Waals surface area contributed by atoms with Crippen molar-refractivity contribution >= 4 is 11.8 Å². The number of amides is 2. The van der Waals surface area contributed by atoms with Gasteiger partial charge in [0, 0.05) is 30.9 Å². The summed E-state index contributed by atoms with van der Waals surface area (Å²) in [6.07, 6.45) is 4.66. The molecule has 1 saturated heterocycles. The third-order valence-electron chi connectivity index (χ3n) is 6.12. The molecule has 1 N–H and O–H groups in total. The highest BCUT2D eigenvalue weighted by Crippen LogP contribution is 2.25. The minimum absolute atomic E-state index is 0.0152. The lowest BCUT2D eigenvalue weighted by Gasteiger charge is -2.31. The van der Waals surface area contributed by atoms with Crippen molar-refractivity contribution in [2.45, 2.75) is 25.8 Å². The van der Waals surface area contributed by atoms with Crippen LogP contribution in [0.15, 0.2) is 83.6 Å². The first-order valence-electron chi connectivity index (χ1n) is 11.4. The van der Waals surface area contributed by atoms with Gasteiger partial charge in [0.1, 0.15) is 5.69 Å². The maximum Gasteiger partial charge on any atom is 0.289 e. The van der Waals surface area contributed by atoms with E-state index < -0.39 is 0 Å². The number of nitrogens with zero attached hydrogens (tertiary/aromatic N) is 3. The number of furan rings is 1. The van der Waals surface area contributed by atoms with Crippen molar-refractivity contribution < 1.29 is 14.0 Å². The SMILES string of the molecule is Cc1cccc(-c2nn(-c3ccccc3)cc2C(=O)NC2CCN(C(=O)c3ccco3)CC2)c1. The Morgan fingerprint density at radius 2 is 1.79 bits per heavy atom. The molecule has 3 heterocycles. The van der Waals surface area contributed by atoms with E-state index in [0.717, 1.165) is 16.8 Å². The van der Waals surface area contributed by atoms with Crippen LogP contribution in [0, 0.1) is 6.92 Å². The Hall–Kier alpha value is -4.13. The number of benzene rings is 2. The lowest BCUT2D eigenvalue weighted by molar-refractivity contribution is 0.0667. The summed E-state index contributed by atoms with van der Waals surface area (Å²) in [5.41, 5.74) is 4.07. The maximum atomic E-state index is 13.4. The van der Waals surface area contributed by atoms with E-state index in [2.05, 4.69) is 5.32 Å². The Morgan fingerprint density at radius 1 is 1.00 bits per heavy atom. The molecule has 1 aliphatic heterocycles. The van der Waals surface area contributed by atoms with Gasteiger partial charge in [-0.25, -0.2) is 4.68 Å². The van der Waals surface area contributed by atoms with E-state index in [1.165, 1.54) is 6.26 Å². The van der Waals surface area contributed by atoms with Gasteiger partial charge in [0.2, 0.25) is 0 Å². The maximum absolute atomic E-state index is 13.4. The number of likely N-dealkylation sites (tertiary alicyclic amines) is 1. The molecule has 2 aromatic heterocycles. The fraction of sp³-hybridized carbons (Fsp3) is 0.222. The Labute approximate surface area is 198 Å². The van der Waals surface area contributed by atoms with Crippen molar-refractivity contribution in [3.63, 3.8) is 0 Å². The molecule has 0 radical (unpaired) electrons. The third kappa shape index (κ3) is 4.50. The molecule has 0 atom stereocenters. The molecule has 34 heavy (non-hydrogen) atoms. The van der Waals surface area contributed by atoms with E-state index in [0.29, 0.717) is 42.9 Å². The second-order valence-corrected chi connectivity index (χ2v) is 8.56. The first-order chi connectivity index (χ1) is 16.6. The molecule has 5 rings (SSSR count). The first-order valence-corrected chi connectivity index (χ1v) is 11.4. The smallest absolute Gasteiger partial charge is 0.289 e. The fourth-order valence-electron chi connectivity index (χ4n) is 4.30. The molecule has 0 aliphatic carbocycles. The molecule has 0 spiro atoms. The monoisotopic (exact) mass is 454 g/mol. The lowest BCUT2D eigenvalue weighted by Crippen LogP contribution is -2.46. The summed E-state index contributed by atoms with van der Waals surface area (Å²) in [6, 6.07) is 21.1. The fourth-order valence-corrected chi connectivity index (χ4v) is 4.30. The van der Waals surface area contributed by atoms with Crippen LogP contribution < -0.4 is 5.32 Å². The number of hydrogen-bond acceptors (Lipinski definition) is 4. The molecule has 2 amide bonds. The number of nitrogens with one attached hydrogen (secondary N) is 1. The Kier molecular flexibility index (Phi) is 5.99. The van der Waals surface area contributed by atoms with Crippen molar-refractivity contribution in [1.29, 1.82) is 0 Å². The van der Waals surface area contributed by atoms with Crippen molar-refractivity contribution in [3.05, 3.63) is 96.1 Å². The van der Waals surface area contributed by atoms with Gasteiger partial charge in [-0.1, -0.05) is 42.0 Å². The van der Waals surface area contributed by atoms with Crippen LogP contribution in [0.3, 0.4) is 0 Å². The van der Waals surface area contributed by atoms with Gasteiger partial charge in [-0.05, 0) is 50.1 Å². The lowest BCUT2D eigenvalue weighted by atomic mass is 10.0. The second kappa shape index (κ2) is 9.39. The van der Waals surface area contributed by atoms with Crippen LogP contribution >= 0.6 is 0 Å². The van der Waals surface area contributed by atoms with Crippen molar-refractivity contribution in [3.8, 4) is 16.9 Å². The van der Waals surface area contributed by atoms with Gasteiger partial charge >= 0.3 is 0 Å². The highest BCUT2D eigenvalue weighted by Gasteiger charge is 2.27. The average Bonchev–Trinajstić information content (AvgIpc) is 3.56. The molecular weight excluding hydrogens is 428 g/mol. The third-order valence-corrected chi connectivity index (χ3v) is 6.12. The van der Waals surface area contributed by atoms with Gasteiger partial charge in [-0.15, -0.1) is 0 Å². The van der Waals surface area contributed by atoms with Crippen LogP contribution in [0.1, 0.15) is 39.3 Å². The number of carbonyl (C=O) groups is 2. The van der Waals surface area contributed by atoms with Crippen molar-refractivity contribution in [2.75, 3.05) is 13.1 Å². The van der Waals surface area contributed by atoms with Gasteiger partial charge in [0.25, 0.3) is 11.8 Å². The van der Waals surface area contributed by atoms with Crippen LogP contribution in [-0.2, 0) is 0 Å². The van der Waals surface area contributed by atoms with Gasteiger partial charge in [0.15, 0.2) is 5.76 Å². The van der Waals surface area contributed by atoms with Crippen molar-refractivity contribution in [2.24, 2.45) is 0 Å². The molecule has 4 aromatic rings. The molecule has 7 nitrogen and oxygen atoms in total. The minimum Gasteiger partial charge on any atom is -0.459 e. The predicted molar refractivity (Wildman–Crippen MR) is 129 cm³/mol. The largest absolute Gasteiger partial charge is 0.459 e. The first kappa shape index (κ1) is 21.7.